The van der Waals surface area contributed by atoms with Crippen LogP contribution in [0.4, 0.5) is 11.6 Å². The third kappa shape index (κ3) is 3.41. The van der Waals surface area contributed by atoms with Crippen molar-refractivity contribution in [1.82, 2.24) is 14.5 Å². The van der Waals surface area contributed by atoms with Gasteiger partial charge in [0.15, 0.2) is 11.5 Å². The van der Waals surface area contributed by atoms with Crippen molar-refractivity contribution < 1.29 is 14.6 Å². The fourth-order valence-corrected chi connectivity index (χ4v) is 4.60. The molecule has 1 aliphatic rings. The van der Waals surface area contributed by atoms with Crippen molar-refractivity contribution in [2.45, 2.75) is 20.0 Å². The standard InChI is InChI=1S/C24H20ClN5O4/c1-12-6-20(26)27-8-18(12)30-11-16(24(32)33)21(31)14-7-17(25)23(28-22(14)30)29-9-13-4-3-5-19(34-2)15(13)10-29/h3-8,11H,9-10H2,1-2H3,(H2,26,27)(H,32,33). The van der Waals surface area contributed by atoms with E-state index in [0.717, 1.165) is 22.4 Å². The first-order chi connectivity index (χ1) is 16.3. The molecule has 1 aliphatic heterocycles. The molecule has 0 aliphatic carbocycles. The number of aryl methyl sites for hydroxylation is 1. The Balaban J connectivity index is 1.74. The highest BCUT2D eigenvalue weighted by molar-refractivity contribution is 6.33. The van der Waals surface area contributed by atoms with Crippen LogP contribution in [0, 0.1) is 6.92 Å². The van der Waals surface area contributed by atoms with Crippen molar-refractivity contribution in [3.63, 3.8) is 0 Å². The number of hydrogen-bond donors (Lipinski definition) is 2. The van der Waals surface area contributed by atoms with Crippen LogP contribution in [-0.2, 0) is 13.1 Å². The van der Waals surface area contributed by atoms with Crippen molar-refractivity contribution in [3.05, 3.63) is 80.2 Å². The number of nitrogen functional groups attached to an aromatic ring is 1. The van der Waals surface area contributed by atoms with E-state index < -0.39 is 17.0 Å². The number of pyridine rings is 3. The van der Waals surface area contributed by atoms with Crippen molar-refractivity contribution in [1.29, 1.82) is 0 Å². The van der Waals surface area contributed by atoms with E-state index in [1.807, 2.05) is 30.0 Å². The lowest BCUT2D eigenvalue weighted by atomic mass is 10.1. The number of benzene rings is 1. The smallest absolute Gasteiger partial charge is 0.341 e. The van der Waals surface area contributed by atoms with Crippen LogP contribution >= 0.6 is 11.6 Å². The molecule has 0 bridgehead atoms. The van der Waals surface area contributed by atoms with Crippen LogP contribution in [0.1, 0.15) is 27.0 Å². The molecule has 4 heterocycles. The molecule has 0 amide bonds. The van der Waals surface area contributed by atoms with Crippen LogP contribution in [0.3, 0.4) is 0 Å². The Kier molecular flexibility index (Phi) is 5.13. The zero-order valence-electron chi connectivity index (χ0n) is 18.4. The van der Waals surface area contributed by atoms with Gasteiger partial charge in [0, 0.05) is 24.8 Å². The molecule has 0 atom stereocenters. The van der Waals surface area contributed by atoms with Crippen LogP contribution in [0.25, 0.3) is 16.7 Å². The number of anilines is 2. The van der Waals surface area contributed by atoms with E-state index >= 15 is 0 Å². The molecule has 3 N–H and O–H groups in total. The molecule has 0 saturated heterocycles. The van der Waals surface area contributed by atoms with Gasteiger partial charge in [0.1, 0.15) is 17.1 Å². The quantitative estimate of drug-likeness (QED) is 0.457. The number of carboxylic acid groups (broad SMARTS) is 1. The van der Waals surface area contributed by atoms with E-state index in [-0.39, 0.29) is 16.1 Å². The minimum absolute atomic E-state index is 0.0965. The molecule has 0 unspecified atom stereocenters. The summed E-state index contributed by atoms with van der Waals surface area (Å²) in [6, 6.07) is 8.99. The van der Waals surface area contributed by atoms with Gasteiger partial charge >= 0.3 is 5.97 Å². The number of fused-ring (bicyclic) bond motifs is 2. The normalized spacial score (nSPS) is 12.7. The third-order valence-corrected chi connectivity index (χ3v) is 6.25. The first kappa shape index (κ1) is 21.7. The predicted octanol–water partition coefficient (Wildman–Crippen LogP) is 3.55. The second-order valence-corrected chi connectivity index (χ2v) is 8.47. The summed E-state index contributed by atoms with van der Waals surface area (Å²) in [6.45, 7) is 2.90. The number of ether oxygens (including phenoxy) is 1. The maximum absolute atomic E-state index is 13.0. The Hall–Kier alpha value is -4.11. The molecular formula is C24H20ClN5O4. The maximum Gasteiger partial charge on any atom is 0.341 e. The van der Waals surface area contributed by atoms with Crippen LogP contribution in [-0.4, -0.2) is 32.7 Å². The van der Waals surface area contributed by atoms with E-state index in [2.05, 4.69) is 4.98 Å². The molecule has 3 aromatic heterocycles. The van der Waals surface area contributed by atoms with Crippen molar-refractivity contribution in [2.75, 3.05) is 17.7 Å². The summed E-state index contributed by atoms with van der Waals surface area (Å²) in [4.78, 5) is 35.7. The topological polar surface area (TPSA) is 124 Å². The number of halogens is 1. The number of methoxy groups -OCH3 is 1. The Morgan fingerprint density at radius 2 is 2.06 bits per heavy atom. The van der Waals surface area contributed by atoms with Gasteiger partial charge in [0.05, 0.1) is 29.4 Å². The maximum atomic E-state index is 13.0. The molecule has 1 aromatic carbocycles. The summed E-state index contributed by atoms with van der Waals surface area (Å²) in [5.41, 5.74) is 8.44. The molecule has 0 spiro atoms. The lowest BCUT2D eigenvalue weighted by Crippen LogP contribution is -2.22. The minimum Gasteiger partial charge on any atom is -0.496 e. The fraction of sp³-hybridized carbons (Fsp3) is 0.167. The SMILES string of the molecule is COc1cccc2c1CN(c1nc3c(cc1Cl)c(=O)c(C(=O)O)cn3-c1cnc(N)cc1C)C2. The number of carboxylic acids is 1. The summed E-state index contributed by atoms with van der Waals surface area (Å²) in [6.07, 6.45) is 2.78. The van der Waals surface area contributed by atoms with Gasteiger partial charge in [-0.15, -0.1) is 0 Å². The van der Waals surface area contributed by atoms with Gasteiger partial charge in [-0.05, 0) is 36.2 Å². The van der Waals surface area contributed by atoms with Gasteiger partial charge in [-0.2, -0.15) is 0 Å². The van der Waals surface area contributed by atoms with E-state index in [1.165, 1.54) is 18.5 Å². The van der Waals surface area contributed by atoms with E-state index in [1.54, 1.807) is 17.7 Å². The monoisotopic (exact) mass is 477 g/mol. The number of rotatable bonds is 4. The Bertz CT molecular complexity index is 1550. The van der Waals surface area contributed by atoms with E-state index in [0.29, 0.717) is 30.4 Å². The van der Waals surface area contributed by atoms with Gasteiger partial charge in [0.25, 0.3) is 0 Å². The molecule has 0 radical (unpaired) electrons. The Morgan fingerprint density at radius 1 is 1.26 bits per heavy atom. The number of carbonyl (C=O) groups is 1. The van der Waals surface area contributed by atoms with Gasteiger partial charge in [-0.1, -0.05) is 23.7 Å². The van der Waals surface area contributed by atoms with Crippen LogP contribution in [0.2, 0.25) is 5.02 Å². The molecule has 9 nitrogen and oxygen atoms in total. The second kappa shape index (κ2) is 8.03. The van der Waals surface area contributed by atoms with Gasteiger partial charge in [-0.3, -0.25) is 9.36 Å². The van der Waals surface area contributed by atoms with Crippen molar-refractivity contribution >= 4 is 40.2 Å². The lowest BCUT2D eigenvalue weighted by Gasteiger charge is -2.20. The van der Waals surface area contributed by atoms with E-state index in [4.69, 9.17) is 27.1 Å². The highest BCUT2D eigenvalue weighted by atomic mass is 35.5. The highest BCUT2D eigenvalue weighted by Crippen LogP contribution is 2.37. The summed E-state index contributed by atoms with van der Waals surface area (Å²) in [5, 5.41) is 9.98. The lowest BCUT2D eigenvalue weighted by molar-refractivity contribution is 0.0695. The molecule has 10 heteroatoms. The summed E-state index contributed by atoms with van der Waals surface area (Å²) >= 11 is 6.59. The van der Waals surface area contributed by atoms with Crippen molar-refractivity contribution in [3.8, 4) is 11.4 Å². The number of aromatic nitrogens is 3. The van der Waals surface area contributed by atoms with Gasteiger partial charge in [0.2, 0.25) is 5.43 Å². The van der Waals surface area contributed by atoms with Crippen LogP contribution in [0.5, 0.6) is 5.75 Å². The van der Waals surface area contributed by atoms with Crippen LogP contribution < -0.4 is 20.8 Å². The van der Waals surface area contributed by atoms with Crippen molar-refractivity contribution in [2.24, 2.45) is 0 Å². The fourth-order valence-electron chi connectivity index (χ4n) is 4.33. The Morgan fingerprint density at radius 3 is 2.76 bits per heavy atom. The first-order valence-electron chi connectivity index (χ1n) is 10.4. The summed E-state index contributed by atoms with van der Waals surface area (Å²) < 4.78 is 7.04. The molecule has 0 saturated carbocycles. The molecule has 0 fully saturated rings. The second-order valence-electron chi connectivity index (χ2n) is 8.06. The predicted molar refractivity (Wildman–Crippen MR) is 129 cm³/mol. The first-order valence-corrected chi connectivity index (χ1v) is 10.8. The number of nitrogens with two attached hydrogens (primary N) is 1. The number of nitrogens with zero attached hydrogens (tertiary/aromatic N) is 4. The molecule has 172 valence electrons. The van der Waals surface area contributed by atoms with Gasteiger partial charge < -0.3 is 20.5 Å². The highest BCUT2D eigenvalue weighted by Gasteiger charge is 2.27. The summed E-state index contributed by atoms with van der Waals surface area (Å²) in [7, 11) is 1.63. The molecule has 34 heavy (non-hydrogen) atoms. The van der Waals surface area contributed by atoms with Crippen LogP contribution in [0.15, 0.2) is 47.5 Å². The Labute approximate surface area is 199 Å². The largest absolute Gasteiger partial charge is 0.496 e. The summed E-state index contributed by atoms with van der Waals surface area (Å²) in [5.74, 6) is 0.239. The van der Waals surface area contributed by atoms with Gasteiger partial charge in [-0.25, -0.2) is 14.8 Å². The average Bonchev–Trinajstić information content (AvgIpc) is 3.24. The minimum atomic E-state index is -1.34. The van der Waals surface area contributed by atoms with E-state index in [9.17, 15) is 14.7 Å². The number of aromatic carboxylic acids is 1. The average molecular weight is 478 g/mol. The molecular weight excluding hydrogens is 458 g/mol. The zero-order chi connectivity index (χ0) is 24.1. The third-order valence-electron chi connectivity index (χ3n) is 5.97. The number of hydrogen-bond acceptors (Lipinski definition) is 7. The molecule has 4 aromatic rings. The molecule has 5 rings (SSSR count). The zero-order valence-corrected chi connectivity index (χ0v) is 19.1.